The monoisotopic (exact) mass is 302 g/mol. The number of hydrogen-bond acceptors (Lipinski definition) is 8. The Hall–Kier alpha value is -1.71. The summed E-state index contributed by atoms with van der Waals surface area (Å²) in [4.78, 5) is 10.2. The highest BCUT2D eigenvalue weighted by molar-refractivity contribution is 5.76. The SMILES string of the molecule is COc1cc(C=O)ccc1O.OC1OC[C@@H](O)[C@@H](O)[C@@H]1O. The molecule has 0 spiro atoms. The van der Waals surface area contributed by atoms with Gasteiger partial charge >= 0.3 is 0 Å². The highest BCUT2D eigenvalue weighted by Gasteiger charge is 2.36. The second kappa shape index (κ2) is 7.91. The van der Waals surface area contributed by atoms with Crippen LogP contribution in [0.25, 0.3) is 0 Å². The lowest BCUT2D eigenvalue weighted by molar-refractivity contribution is -0.252. The molecule has 8 heteroatoms. The Balaban J connectivity index is 0.000000211. The molecular weight excluding hydrogens is 284 g/mol. The van der Waals surface area contributed by atoms with Gasteiger partial charge in [0.25, 0.3) is 0 Å². The van der Waals surface area contributed by atoms with Crippen molar-refractivity contribution < 1.29 is 39.8 Å². The molecule has 0 aliphatic carbocycles. The zero-order valence-electron chi connectivity index (χ0n) is 11.3. The van der Waals surface area contributed by atoms with Gasteiger partial charge in [0, 0.05) is 5.56 Å². The number of rotatable bonds is 2. The second-order valence-electron chi connectivity index (χ2n) is 4.32. The summed E-state index contributed by atoms with van der Waals surface area (Å²) in [5, 5.41) is 44.3. The molecule has 8 nitrogen and oxygen atoms in total. The van der Waals surface area contributed by atoms with Crippen LogP contribution >= 0.6 is 0 Å². The van der Waals surface area contributed by atoms with Gasteiger partial charge in [0.15, 0.2) is 17.8 Å². The standard InChI is InChI=1S/C8H8O3.C5H10O5/c1-11-8-4-6(5-9)2-3-7(8)10;6-2-1-10-5(9)4(8)3(2)7/h2-5,10H,1H3;2-9H,1H2/t;2-,3-,4+,5?/m.1/s1. The summed E-state index contributed by atoms with van der Waals surface area (Å²) in [5.74, 6) is 0.354. The van der Waals surface area contributed by atoms with Crippen molar-refractivity contribution in [3.8, 4) is 11.5 Å². The zero-order valence-corrected chi connectivity index (χ0v) is 11.3. The summed E-state index contributed by atoms with van der Waals surface area (Å²) in [6, 6.07) is 4.41. The minimum Gasteiger partial charge on any atom is -0.504 e. The molecule has 0 aromatic heterocycles. The third-order valence-electron chi connectivity index (χ3n) is 2.81. The van der Waals surface area contributed by atoms with E-state index in [1.165, 1.54) is 25.3 Å². The summed E-state index contributed by atoms with van der Waals surface area (Å²) in [6.45, 7) is -0.153. The van der Waals surface area contributed by atoms with E-state index < -0.39 is 24.6 Å². The average Bonchev–Trinajstić information content (AvgIpc) is 2.50. The first-order valence-corrected chi connectivity index (χ1v) is 6.06. The van der Waals surface area contributed by atoms with E-state index in [0.29, 0.717) is 17.6 Å². The van der Waals surface area contributed by atoms with Crippen molar-refractivity contribution in [2.75, 3.05) is 13.7 Å². The van der Waals surface area contributed by atoms with Crippen molar-refractivity contribution in [3.05, 3.63) is 23.8 Å². The predicted octanol–water partition coefficient (Wildman–Crippen LogP) is -1.37. The van der Waals surface area contributed by atoms with Crippen molar-refractivity contribution in [3.63, 3.8) is 0 Å². The van der Waals surface area contributed by atoms with Gasteiger partial charge in [-0.05, 0) is 18.2 Å². The maximum Gasteiger partial charge on any atom is 0.183 e. The van der Waals surface area contributed by atoms with Crippen LogP contribution in [0.2, 0.25) is 0 Å². The first-order valence-electron chi connectivity index (χ1n) is 6.06. The molecule has 118 valence electrons. The molecule has 1 aromatic rings. The van der Waals surface area contributed by atoms with E-state index in [4.69, 9.17) is 30.3 Å². The molecular formula is C13H18O8. The summed E-state index contributed by atoms with van der Waals surface area (Å²) < 4.78 is 9.25. The van der Waals surface area contributed by atoms with Gasteiger partial charge in [-0.15, -0.1) is 0 Å². The molecule has 1 aliphatic heterocycles. The Morgan fingerprint density at radius 2 is 1.90 bits per heavy atom. The fourth-order valence-corrected chi connectivity index (χ4v) is 1.56. The molecule has 2 rings (SSSR count). The number of aliphatic hydroxyl groups excluding tert-OH is 4. The maximum absolute atomic E-state index is 10.2. The van der Waals surface area contributed by atoms with Gasteiger partial charge in [0.05, 0.1) is 13.7 Å². The van der Waals surface area contributed by atoms with Crippen molar-refractivity contribution >= 4 is 6.29 Å². The van der Waals surface area contributed by atoms with E-state index in [-0.39, 0.29) is 12.4 Å². The number of carbonyl (C=O) groups is 1. The van der Waals surface area contributed by atoms with Crippen molar-refractivity contribution in [2.24, 2.45) is 0 Å². The van der Waals surface area contributed by atoms with Crippen LogP contribution in [0.5, 0.6) is 11.5 Å². The molecule has 0 bridgehead atoms. The molecule has 0 amide bonds. The third kappa shape index (κ3) is 4.66. The fourth-order valence-electron chi connectivity index (χ4n) is 1.56. The predicted molar refractivity (Wildman–Crippen MR) is 70.0 cm³/mol. The van der Waals surface area contributed by atoms with Gasteiger partial charge in [-0.2, -0.15) is 0 Å². The number of aliphatic hydroxyl groups is 4. The topological polar surface area (TPSA) is 137 Å². The number of aldehydes is 1. The summed E-state index contributed by atoms with van der Waals surface area (Å²) >= 11 is 0. The highest BCUT2D eigenvalue weighted by atomic mass is 16.6. The van der Waals surface area contributed by atoms with E-state index in [1.54, 1.807) is 0 Å². The molecule has 1 saturated heterocycles. The van der Waals surface area contributed by atoms with Crippen LogP contribution in [0.15, 0.2) is 18.2 Å². The second-order valence-corrected chi connectivity index (χ2v) is 4.32. The number of aromatic hydroxyl groups is 1. The average molecular weight is 302 g/mol. The Morgan fingerprint density at radius 1 is 1.24 bits per heavy atom. The van der Waals surface area contributed by atoms with E-state index in [2.05, 4.69) is 4.74 Å². The van der Waals surface area contributed by atoms with Crippen LogP contribution in [0.3, 0.4) is 0 Å². The van der Waals surface area contributed by atoms with E-state index in [0.717, 1.165) is 0 Å². The van der Waals surface area contributed by atoms with Crippen LogP contribution in [-0.4, -0.2) is 70.1 Å². The van der Waals surface area contributed by atoms with E-state index in [9.17, 15) is 4.79 Å². The zero-order chi connectivity index (χ0) is 16.0. The first kappa shape index (κ1) is 17.3. The normalized spacial score (nSPS) is 28.2. The van der Waals surface area contributed by atoms with Gasteiger partial charge in [0.2, 0.25) is 0 Å². The highest BCUT2D eigenvalue weighted by Crippen LogP contribution is 2.25. The van der Waals surface area contributed by atoms with Gasteiger partial charge in [-0.3, -0.25) is 4.79 Å². The minimum absolute atomic E-state index is 0.0399. The van der Waals surface area contributed by atoms with Gasteiger partial charge in [-0.1, -0.05) is 0 Å². The number of phenolic OH excluding ortho intramolecular Hbond substituents is 1. The number of benzene rings is 1. The number of methoxy groups -OCH3 is 1. The molecule has 0 saturated carbocycles. The largest absolute Gasteiger partial charge is 0.504 e. The molecule has 4 atom stereocenters. The Morgan fingerprint density at radius 3 is 2.43 bits per heavy atom. The Bertz CT molecular complexity index is 449. The lowest BCUT2D eigenvalue weighted by Gasteiger charge is -2.31. The molecule has 0 radical (unpaired) electrons. The lowest BCUT2D eigenvalue weighted by Crippen LogP contribution is -2.52. The van der Waals surface area contributed by atoms with Crippen LogP contribution in [0, 0.1) is 0 Å². The lowest BCUT2D eigenvalue weighted by atomic mass is 10.1. The van der Waals surface area contributed by atoms with E-state index >= 15 is 0 Å². The van der Waals surface area contributed by atoms with Crippen LogP contribution < -0.4 is 4.74 Å². The molecule has 1 aliphatic rings. The molecule has 21 heavy (non-hydrogen) atoms. The van der Waals surface area contributed by atoms with Crippen LogP contribution in [0.1, 0.15) is 10.4 Å². The van der Waals surface area contributed by atoms with Crippen molar-refractivity contribution in [1.82, 2.24) is 0 Å². The maximum atomic E-state index is 10.2. The van der Waals surface area contributed by atoms with Gasteiger partial charge in [-0.25, -0.2) is 0 Å². The Kier molecular flexibility index (Phi) is 6.53. The molecule has 1 aromatic carbocycles. The quantitative estimate of drug-likeness (QED) is 0.422. The van der Waals surface area contributed by atoms with Gasteiger partial charge < -0.3 is 35.0 Å². The summed E-state index contributed by atoms with van der Waals surface area (Å²) in [5.41, 5.74) is 0.486. The number of hydrogen-bond donors (Lipinski definition) is 5. The van der Waals surface area contributed by atoms with Crippen LogP contribution in [0.4, 0.5) is 0 Å². The van der Waals surface area contributed by atoms with Crippen LogP contribution in [-0.2, 0) is 4.74 Å². The van der Waals surface area contributed by atoms with Crippen molar-refractivity contribution in [1.29, 1.82) is 0 Å². The minimum atomic E-state index is -1.41. The number of carbonyl (C=O) groups excluding carboxylic acids is 1. The van der Waals surface area contributed by atoms with E-state index in [1.807, 2.05) is 0 Å². The van der Waals surface area contributed by atoms with Gasteiger partial charge in [0.1, 0.15) is 24.6 Å². The summed E-state index contributed by atoms with van der Waals surface area (Å²) in [7, 11) is 1.43. The first-order chi connectivity index (χ1) is 9.90. The Labute approximate surface area is 120 Å². The van der Waals surface area contributed by atoms with Crippen molar-refractivity contribution in [2.45, 2.75) is 24.6 Å². The smallest absolute Gasteiger partial charge is 0.183 e. The molecule has 5 N–H and O–H groups in total. The number of ether oxygens (including phenoxy) is 2. The molecule has 1 unspecified atom stereocenters. The third-order valence-corrected chi connectivity index (χ3v) is 2.81. The molecule has 1 heterocycles. The number of phenols is 1. The molecule has 1 fully saturated rings. The summed E-state index contributed by atoms with van der Waals surface area (Å²) in [6.07, 6.45) is -4.54. The fraction of sp³-hybridized carbons (Fsp3) is 0.462.